The molecule has 1 saturated carbocycles. The van der Waals surface area contributed by atoms with Crippen molar-refractivity contribution in [2.24, 2.45) is 0 Å². The van der Waals surface area contributed by atoms with E-state index < -0.39 is 0 Å². The lowest BCUT2D eigenvalue weighted by atomic mass is 9.82. The van der Waals surface area contributed by atoms with Crippen molar-refractivity contribution in [3.05, 3.63) is 35.4 Å². The summed E-state index contributed by atoms with van der Waals surface area (Å²) in [7, 11) is 0. The zero-order valence-corrected chi connectivity index (χ0v) is 13.5. The first kappa shape index (κ1) is 15.9. The SMILES string of the molecule is CCNC1(CO)CCCC(SCc2ccccc2C)C1. The summed E-state index contributed by atoms with van der Waals surface area (Å²) >= 11 is 2.06. The van der Waals surface area contributed by atoms with Crippen molar-refractivity contribution in [1.29, 1.82) is 0 Å². The smallest absolute Gasteiger partial charge is 0.0613 e. The zero-order valence-electron chi connectivity index (χ0n) is 12.7. The minimum atomic E-state index is -0.0314. The first-order valence-electron chi connectivity index (χ1n) is 7.71. The molecule has 1 fully saturated rings. The Hall–Kier alpha value is -0.510. The summed E-state index contributed by atoms with van der Waals surface area (Å²) in [5.41, 5.74) is 2.80. The molecule has 1 aromatic rings. The van der Waals surface area contributed by atoms with Gasteiger partial charge in [-0.2, -0.15) is 11.8 Å². The van der Waals surface area contributed by atoms with E-state index in [-0.39, 0.29) is 12.1 Å². The monoisotopic (exact) mass is 293 g/mol. The van der Waals surface area contributed by atoms with Gasteiger partial charge in [-0.1, -0.05) is 37.6 Å². The van der Waals surface area contributed by atoms with E-state index >= 15 is 0 Å². The molecule has 1 aliphatic carbocycles. The third kappa shape index (κ3) is 4.00. The molecule has 2 atom stereocenters. The number of thioether (sulfide) groups is 1. The van der Waals surface area contributed by atoms with Crippen molar-refractivity contribution in [3.8, 4) is 0 Å². The average molecular weight is 293 g/mol. The van der Waals surface area contributed by atoms with E-state index in [9.17, 15) is 5.11 Å². The van der Waals surface area contributed by atoms with Crippen molar-refractivity contribution >= 4 is 11.8 Å². The third-order valence-corrected chi connectivity index (χ3v) is 5.74. The normalized spacial score (nSPS) is 26.6. The molecule has 2 nitrogen and oxygen atoms in total. The lowest BCUT2D eigenvalue weighted by Gasteiger charge is -2.40. The fourth-order valence-electron chi connectivity index (χ4n) is 3.17. The van der Waals surface area contributed by atoms with Gasteiger partial charge in [-0.05, 0) is 43.9 Å². The van der Waals surface area contributed by atoms with Crippen molar-refractivity contribution < 1.29 is 5.11 Å². The second-order valence-electron chi connectivity index (χ2n) is 5.92. The quantitative estimate of drug-likeness (QED) is 0.842. The number of nitrogens with one attached hydrogen (secondary N) is 1. The van der Waals surface area contributed by atoms with Gasteiger partial charge >= 0.3 is 0 Å². The van der Waals surface area contributed by atoms with Crippen LogP contribution in [0.25, 0.3) is 0 Å². The maximum absolute atomic E-state index is 9.75. The van der Waals surface area contributed by atoms with Crippen LogP contribution in [0.2, 0.25) is 0 Å². The van der Waals surface area contributed by atoms with Crippen molar-refractivity contribution in [2.45, 2.75) is 56.1 Å². The van der Waals surface area contributed by atoms with Gasteiger partial charge in [0.15, 0.2) is 0 Å². The molecule has 2 rings (SSSR count). The lowest BCUT2D eigenvalue weighted by molar-refractivity contribution is 0.125. The highest BCUT2D eigenvalue weighted by atomic mass is 32.2. The Labute approximate surface area is 127 Å². The number of aryl methyl sites for hydroxylation is 1. The van der Waals surface area contributed by atoms with Crippen molar-refractivity contribution in [2.75, 3.05) is 13.2 Å². The number of hydrogen-bond acceptors (Lipinski definition) is 3. The highest BCUT2D eigenvalue weighted by molar-refractivity contribution is 7.99. The number of aliphatic hydroxyl groups excluding tert-OH is 1. The van der Waals surface area contributed by atoms with Gasteiger partial charge in [-0.25, -0.2) is 0 Å². The number of benzene rings is 1. The largest absolute Gasteiger partial charge is 0.394 e. The lowest BCUT2D eigenvalue weighted by Crippen LogP contribution is -2.52. The van der Waals surface area contributed by atoms with Gasteiger partial charge in [0.1, 0.15) is 0 Å². The van der Waals surface area contributed by atoms with E-state index in [4.69, 9.17) is 0 Å². The van der Waals surface area contributed by atoms with E-state index in [1.54, 1.807) is 0 Å². The number of aliphatic hydroxyl groups is 1. The first-order valence-corrected chi connectivity index (χ1v) is 8.76. The highest BCUT2D eigenvalue weighted by Gasteiger charge is 2.35. The molecule has 0 heterocycles. The summed E-state index contributed by atoms with van der Waals surface area (Å²) in [4.78, 5) is 0. The molecule has 0 spiro atoms. The maximum atomic E-state index is 9.75. The number of hydrogen-bond donors (Lipinski definition) is 2. The second-order valence-corrected chi connectivity index (χ2v) is 7.21. The van der Waals surface area contributed by atoms with Crippen LogP contribution >= 0.6 is 11.8 Å². The van der Waals surface area contributed by atoms with Crippen LogP contribution in [0.1, 0.15) is 43.7 Å². The fourth-order valence-corrected chi connectivity index (χ4v) is 4.67. The summed E-state index contributed by atoms with van der Waals surface area (Å²) in [5.74, 6) is 1.09. The van der Waals surface area contributed by atoms with Crippen LogP contribution < -0.4 is 5.32 Å². The van der Waals surface area contributed by atoms with E-state index in [2.05, 4.69) is 55.2 Å². The molecule has 0 aromatic heterocycles. The molecule has 3 heteroatoms. The Bertz CT molecular complexity index is 419. The summed E-state index contributed by atoms with van der Waals surface area (Å²) < 4.78 is 0. The molecule has 2 unspecified atom stereocenters. The molecule has 2 N–H and O–H groups in total. The molecular formula is C17H27NOS. The van der Waals surface area contributed by atoms with Crippen LogP contribution in [0.5, 0.6) is 0 Å². The Morgan fingerprint density at radius 1 is 1.40 bits per heavy atom. The highest BCUT2D eigenvalue weighted by Crippen LogP contribution is 2.36. The number of likely N-dealkylation sites (N-methyl/N-ethyl adjacent to an activating group) is 1. The molecule has 0 aliphatic heterocycles. The number of rotatable bonds is 6. The summed E-state index contributed by atoms with van der Waals surface area (Å²) in [6, 6.07) is 8.65. The van der Waals surface area contributed by atoms with Crippen LogP contribution in [-0.4, -0.2) is 29.0 Å². The molecule has 1 aliphatic rings. The van der Waals surface area contributed by atoms with Crippen LogP contribution in [0.4, 0.5) is 0 Å². The minimum Gasteiger partial charge on any atom is -0.394 e. The van der Waals surface area contributed by atoms with Gasteiger partial charge in [0.25, 0.3) is 0 Å². The topological polar surface area (TPSA) is 32.3 Å². The predicted molar refractivity (Wildman–Crippen MR) is 88.2 cm³/mol. The Morgan fingerprint density at radius 3 is 2.90 bits per heavy atom. The maximum Gasteiger partial charge on any atom is 0.0613 e. The summed E-state index contributed by atoms with van der Waals surface area (Å²) in [6.07, 6.45) is 4.70. The molecule has 0 radical (unpaired) electrons. The van der Waals surface area contributed by atoms with E-state index in [1.807, 2.05) is 0 Å². The van der Waals surface area contributed by atoms with E-state index in [1.165, 1.54) is 24.0 Å². The van der Waals surface area contributed by atoms with Crippen LogP contribution in [0.15, 0.2) is 24.3 Å². The Balaban J connectivity index is 1.91. The van der Waals surface area contributed by atoms with Gasteiger partial charge < -0.3 is 10.4 Å². The summed E-state index contributed by atoms with van der Waals surface area (Å²) in [6.45, 7) is 5.52. The van der Waals surface area contributed by atoms with Gasteiger partial charge in [0, 0.05) is 16.5 Å². The average Bonchev–Trinajstić information content (AvgIpc) is 2.47. The van der Waals surface area contributed by atoms with E-state index in [0.29, 0.717) is 5.25 Å². The fraction of sp³-hybridized carbons (Fsp3) is 0.647. The second kappa shape index (κ2) is 7.48. The van der Waals surface area contributed by atoms with Gasteiger partial charge in [-0.15, -0.1) is 0 Å². The molecule has 20 heavy (non-hydrogen) atoms. The van der Waals surface area contributed by atoms with E-state index in [0.717, 1.165) is 25.1 Å². The van der Waals surface area contributed by atoms with Crippen LogP contribution in [0.3, 0.4) is 0 Å². The molecule has 0 amide bonds. The molecule has 1 aromatic carbocycles. The summed E-state index contributed by atoms with van der Waals surface area (Å²) in [5, 5.41) is 13.9. The Kier molecular flexibility index (Phi) is 5.94. The van der Waals surface area contributed by atoms with Crippen LogP contribution in [-0.2, 0) is 5.75 Å². The van der Waals surface area contributed by atoms with Gasteiger partial charge in [-0.3, -0.25) is 0 Å². The molecule has 0 bridgehead atoms. The van der Waals surface area contributed by atoms with Crippen molar-refractivity contribution in [1.82, 2.24) is 5.32 Å². The molecule has 112 valence electrons. The minimum absolute atomic E-state index is 0.0314. The zero-order chi connectivity index (χ0) is 14.4. The molecular weight excluding hydrogens is 266 g/mol. The van der Waals surface area contributed by atoms with Gasteiger partial charge in [0.2, 0.25) is 0 Å². The first-order chi connectivity index (χ1) is 9.69. The molecule has 0 saturated heterocycles. The van der Waals surface area contributed by atoms with Crippen LogP contribution in [0, 0.1) is 6.92 Å². The van der Waals surface area contributed by atoms with Gasteiger partial charge in [0.05, 0.1) is 6.61 Å². The van der Waals surface area contributed by atoms with Crippen molar-refractivity contribution in [3.63, 3.8) is 0 Å². The predicted octanol–water partition coefficient (Wildman–Crippen LogP) is 3.51. The Morgan fingerprint density at radius 2 is 2.20 bits per heavy atom. The third-order valence-electron chi connectivity index (χ3n) is 4.39. The standard InChI is InChI=1S/C17H27NOS/c1-3-18-17(13-19)10-6-9-16(11-17)20-12-15-8-5-4-7-14(15)2/h4-5,7-8,16,18-19H,3,6,9-13H2,1-2H3.